The molecule has 0 aromatic heterocycles. The van der Waals surface area contributed by atoms with Crippen molar-refractivity contribution in [3.63, 3.8) is 0 Å². The molecule has 2 aliphatic rings. The molecular formula is C17H20FN3O3. The average molecular weight is 333 g/mol. The number of hydrogen-bond acceptors (Lipinski definition) is 3. The lowest BCUT2D eigenvalue weighted by molar-refractivity contribution is -0.126. The van der Waals surface area contributed by atoms with E-state index in [1.165, 1.54) is 18.2 Å². The molecule has 0 spiro atoms. The van der Waals surface area contributed by atoms with Crippen molar-refractivity contribution in [1.29, 1.82) is 0 Å². The molecule has 2 aliphatic heterocycles. The maximum atomic E-state index is 13.2. The van der Waals surface area contributed by atoms with Crippen molar-refractivity contribution in [2.75, 3.05) is 13.1 Å². The molecule has 24 heavy (non-hydrogen) atoms. The van der Waals surface area contributed by atoms with Crippen LogP contribution in [0.25, 0.3) is 0 Å². The fourth-order valence-electron chi connectivity index (χ4n) is 3.14. The molecule has 2 heterocycles. The summed E-state index contributed by atoms with van der Waals surface area (Å²) in [7, 11) is 0. The van der Waals surface area contributed by atoms with Crippen LogP contribution in [0.3, 0.4) is 0 Å². The summed E-state index contributed by atoms with van der Waals surface area (Å²) in [6.45, 7) is 1.02. The van der Waals surface area contributed by atoms with E-state index >= 15 is 0 Å². The number of benzene rings is 1. The summed E-state index contributed by atoms with van der Waals surface area (Å²) in [6, 6.07) is 5.21. The smallest absolute Gasteiger partial charge is 0.253 e. The maximum absolute atomic E-state index is 13.2. The molecule has 6 nitrogen and oxygen atoms in total. The topological polar surface area (TPSA) is 78.5 Å². The third-order valence-corrected chi connectivity index (χ3v) is 4.51. The summed E-state index contributed by atoms with van der Waals surface area (Å²) in [6.07, 6.45) is 2.21. The van der Waals surface area contributed by atoms with Crippen molar-refractivity contribution in [2.45, 2.75) is 37.8 Å². The first-order valence-electron chi connectivity index (χ1n) is 8.17. The van der Waals surface area contributed by atoms with Gasteiger partial charge in [-0.2, -0.15) is 0 Å². The normalized spacial score (nSPS) is 21.5. The zero-order valence-corrected chi connectivity index (χ0v) is 13.3. The number of nitrogens with one attached hydrogen (secondary N) is 2. The number of carbonyl (C=O) groups is 3. The van der Waals surface area contributed by atoms with Crippen molar-refractivity contribution in [3.05, 3.63) is 35.6 Å². The summed E-state index contributed by atoms with van der Waals surface area (Å²) in [5.41, 5.74) is 0.339. The summed E-state index contributed by atoms with van der Waals surface area (Å²) >= 11 is 0. The van der Waals surface area contributed by atoms with E-state index < -0.39 is 11.9 Å². The van der Waals surface area contributed by atoms with Gasteiger partial charge in [0.25, 0.3) is 5.91 Å². The van der Waals surface area contributed by atoms with Gasteiger partial charge in [0.15, 0.2) is 0 Å². The molecule has 2 fully saturated rings. The van der Waals surface area contributed by atoms with Crippen molar-refractivity contribution < 1.29 is 18.8 Å². The molecule has 0 saturated carbocycles. The number of halogens is 1. The number of amides is 3. The summed E-state index contributed by atoms with van der Waals surface area (Å²) in [4.78, 5) is 37.3. The van der Waals surface area contributed by atoms with Gasteiger partial charge in [-0.3, -0.25) is 14.4 Å². The van der Waals surface area contributed by atoms with Crippen LogP contribution >= 0.6 is 0 Å². The first-order valence-corrected chi connectivity index (χ1v) is 8.17. The fourth-order valence-corrected chi connectivity index (χ4v) is 3.14. The average Bonchev–Trinajstić information content (AvgIpc) is 3.01. The third-order valence-electron chi connectivity index (χ3n) is 4.51. The van der Waals surface area contributed by atoms with Crippen LogP contribution in [0.5, 0.6) is 0 Å². The quantitative estimate of drug-likeness (QED) is 0.860. The van der Waals surface area contributed by atoms with Crippen LogP contribution in [0.15, 0.2) is 24.3 Å². The molecule has 0 radical (unpaired) electrons. The Morgan fingerprint density at radius 3 is 2.58 bits per heavy atom. The summed E-state index contributed by atoms with van der Waals surface area (Å²) in [5, 5.41) is 5.58. The van der Waals surface area contributed by atoms with E-state index in [-0.39, 0.29) is 23.8 Å². The van der Waals surface area contributed by atoms with E-state index in [0.717, 1.165) is 0 Å². The Labute approximate surface area is 139 Å². The Hall–Kier alpha value is -2.44. The van der Waals surface area contributed by atoms with Crippen LogP contribution in [0, 0.1) is 5.82 Å². The van der Waals surface area contributed by atoms with Gasteiger partial charge in [0.2, 0.25) is 11.8 Å². The minimum absolute atomic E-state index is 0.00781. The second-order valence-electron chi connectivity index (χ2n) is 6.24. The fraction of sp³-hybridized carbons (Fsp3) is 0.471. The third kappa shape index (κ3) is 3.72. The van der Waals surface area contributed by atoms with Gasteiger partial charge in [-0.1, -0.05) is 6.07 Å². The van der Waals surface area contributed by atoms with Crippen molar-refractivity contribution in [2.24, 2.45) is 0 Å². The number of likely N-dealkylation sites (tertiary alicyclic amines) is 1. The standard InChI is InChI=1S/C17H20FN3O3/c18-12-3-1-2-11(10-12)17(24)21-8-6-13(7-9-21)19-16(23)14-4-5-15(22)20-14/h1-3,10,13-14H,4-9H2,(H,19,23)(H,20,22). The summed E-state index contributed by atoms with van der Waals surface area (Å²) < 4.78 is 13.2. The second kappa shape index (κ2) is 6.98. The van der Waals surface area contributed by atoms with Gasteiger partial charge in [-0.25, -0.2) is 4.39 Å². The highest BCUT2D eigenvalue weighted by Crippen LogP contribution is 2.16. The van der Waals surface area contributed by atoms with Gasteiger partial charge >= 0.3 is 0 Å². The predicted molar refractivity (Wildman–Crippen MR) is 84.6 cm³/mol. The molecule has 128 valence electrons. The number of rotatable bonds is 3. The maximum Gasteiger partial charge on any atom is 0.253 e. The Morgan fingerprint density at radius 1 is 1.21 bits per heavy atom. The largest absolute Gasteiger partial charge is 0.351 e. The molecule has 1 atom stereocenters. The van der Waals surface area contributed by atoms with Crippen LogP contribution in [0.4, 0.5) is 4.39 Å². The highest BCUT2D eigenvalue weighted by atomic mass is 19.1. The minimum atomic E-state index is -0.440. The monoisotopic (exact) mass is 333 g/mol. The van der Waals surface area contributed by atoms with Crippen molar-refractivity contribution >= 4 is 17.7 Å². The Morgan fingerprint density at radius 2 is 1.96 bits per heavy atom. The van der Waals surface area contributed by atoms with E-state index in [0.29, 0.717) is 44.3 Å². The van der Waals surface area contributed by atoms with Gasteiger partial charge < -0.3 is 15.5 Å². The van der Waals surface area contributed by atoms with Crippen LogP contribution in [0.1, 0.15) is 36.0 Å². The molecular weight excluding hydrogens is 313 g/mol. The molecule has 2 saturated heterocycles. The number of piperidine rings is 1. The van der Waals surface area contributed by atoms with Gasteiger partial charge in [0, 0.05) is 31.1 Å². The highest BCUT2D eigenvalue weighted by molar-refractivity contribution is 5.94. The van der Waals surface area contributed by atoms with Crippen molar-refractivity contribution in [3.8, 4) is 0 Å². The lowest BCUT2D eigenvalue weighted by Gasteiger charge is -2.33. The van der Waals surface area contributed by atoms with Gasteiger partial charge in [-0.05, 0) is 37.5 Å². The Balaban J connectivity index is 1.49. The van der Waals surface area contributed by atoms with E-state index in [1.807, 2.05) is 0 Å². The van der Waals surface area contributed by atoms with Gasteiger partial charge in [0.05, 0.1) is 0 Å². The lowest BCUT2D eigenvalue weighted by Crippen LogP contribution is -2.50. The zero-order chi connectivity index (χ0) is 17.1. The molecule has 0 aliphatic carbocycles. The predicted octanol–water partition coefficient (Wildman–Crippen LogP) is 0.825. The zero-order valence-electron chi connectivity index (χ0n) is 13.3. The molecule has 3 amide bonds. The molecule has 7 heteroatoms. The number of nitrogens with zero attached hydrogens (tertiary/aromatic N) is 1. The number of hydrogen-bond donors (Lipinski definition) is 2. The summed E-state index contributed by atoms with van der Waals surface area (Å²) in [5.74, 6) is -0.870. The molecule has 1 aromatic carbocycles. The molecule has 1 unspecified atom stereocenters. The molecule has 3 rings (SSSR count). The molecule has 1 aromatic rings. The Bertz CT molecular complexity index is 656. The van der Waals surface area contributed by atoms with E-state index in [1.54, 1.807) is 11.0 Å². The van der Waals surface area contributed by atoms with Gasteiger partial charge in [-0.15, -0.1) is 0 Å². The minimum Gasteiger partial charge on any atom is -0.351 e. The number of carbonyl (C=O) groups excluding carboxylic acids is 3. The van der Waals surface area contributed by atoms with E-state index in [9.17, 15) is 18.8 Å². The van der Waals surface area contributed by atoms with E-state index in [2.05, 4.69) is 10.6 Å². The first kappa shape index (κ1) is 16.4. The molecule has 2 N–H and O–H groups in total. The second-order valence-corrected chi connectivity index (χ2v) is 6.24. The SMILES string of the molecule is O=C1CCC(C(=O)NC2CCN(C(=O)c3cccc(F)c3)CC2)N1. The Kier molecular flexibility index (Phi) is 4.78. The van der Waals surface area contributed by atoms with E-state index in [4.69, 9.17) is 0 Å². The lowest BCUT2D eigenvalue weighted by atomic mass is 10.0. The van der Waals surface area contributed by atoms with Crippen LogP contribution in [-0.4, -0.2) is 47.8 Å². The van der Waals surface area contributed by atoms with Crippen LogP contribution in [0.2, 0.25) is 0 Å². The van der Waals surface area contributed by atoms with Crippen LogP contribution < -0.4 is 10.6 Å². The van der Waals surface area contributed by atoms with Gasteiger partial charge in [0.1, 0.15) is 11.9 Å². The van der Waals surface area contributed by atoms with Crippen molar-refractivity contribution in [1.82, 2.24) is 15.5 Å². The highest BCUT2D eigenvalue weighted by Gasteiger charge is 2.30. The van der Waals surface area contributed by atoms with Crippen LogP contribution in [-0.2, 0) is 9.59 Å². The first-order chi connectivity index (χ1) is 11.5. The molecule has 0 bridgehead atoms.